The van der Waals surface area contributed by atoms with Gasteiger partial charge in [-0.1, -0.05) is 58.8 Å². The third-order valence-electron chi connectivity index (χ3n) is 4.19. The van der Waals surface area contributed by atoms with Crippen LogP contribution in [0.1, 0.15) is 78.1 Å². The number of rotatable bonds is 14. The molecule has 126 valence electrons. The molecule has 0 aliphatic carbocycles. The molecule has 4 nitrogen and oxygen atoms in total. The molecule has 0 fully saturated rings. The molecule has 4 heteroatoms. The molecule has 0 bridgehead atoms. The smallest absolute Gasteiger partial charge is 0.305 e. The summed E-state index contributed by atoms with van der Waals surface area (Å²) in [5.41, 5.74) is -0.686. The van der Waals surface area contributed by atoms with Gasteiger partial charge in [-0.15, -0.1) is 0 Å². The van der Waals surface area contributed by atoms with Gasteiger partial charge in [0.1, 0.15) is 6.61 Å². The van der Waals surface area contributed by atoms with Gasteiger partial charge in [-0.25, -0.2) is 0 Å². The maximum atomic E-state index is 11.6. The molecule has 0 aromatic carbocycles. The van der Waals surface area contributed by atoms with Crippen LogP contribution < -0.4 is 0 Å². The van der Waals surface area contributed by atoms with Crippen LogP contribution in [0.5, 0.6) is 0 Å². The van der Waals surface area contributed by atoms with Crippen molar-refractivity contribution in [2.75, 3.05) is 19.8 Å². The SMILES string of the molecule is CCCCCCCCCCC(=O)OCC(CC)(CO)CO. The number of esters is 1. The van der Waals surface area contributed by atoms with Crippen LogP contribution in [-0.4, -0.2) is 36.0 Å². The van der Waals surface area contributed by atoms with Gasteiger partial charge in [-0.3, -0.25) is 4.79 Å². The summed E-state index contributed by atoms with van der Waals surface area (Å²) in [5.74, 6) is -0.222. The molecular weight excluding hydrogens is 268 g/mol. The largest absolute Gasteiger partial charge is 0.465 e. The number of carbonyl (C=O) groups excluding carboxylic acids is 1. The van der Waals surface area contributed by atoms with Crippen molar-refractivity contribution < 1.29 is 19.7 Å². The molecular formula is C17H34O4. The topological polar surface area (TPSA) is 66.8 Å². The lowest BCUT2D eigenvalue weighted by Gasteiger charge is -2.27. The first kappa shape index (κ1) is 20.4. The summed E-state index contributed by atoms with van der Waals surface area (Å²) in [6, 6.07) is 0. The summed E-state index contributed by atoms with van der Waals surface area (Å²) in [7, 11) is 0. The van der Waals surface area contributed by atoms with E-state index in [2.05, 4.69) is 6.92 Å². The van der Waals surface area contributed by atoms with Crippen molar-refractivity contribution in [3.05, 3.63) is 0 Å². The molecule has 0 atom stereocenters. The third kappa shape index (κ3) is 9.86. The number of hydrogen-bond donors (Lipinski definition) is 2. The maximum Gasteiger partial charge on any atom is 0.305 e. The van der Waals surface area contributed by atoms with Crippen LogP contribution in [-0.2, 0) is 9.53 Å². The highest BCUT2D eigenvalue weighted by Gasteiger charge is 2.28. The van der Waals surface area contributed by atoms with Crippen LogP contribution in [0.4, 0.5) is 0 Å². The molecule has 0 spiro atoms. The Balaban J connectivity index is 3.58. The predicted molar refractivity (Wildman–Crippen MR) is 85.1 cm³/mol. The van der Waals surface area contributed by atoms with Gasteiger partial charge in [0, 0.05) is 6.42 Å². The van der Waals surface area contributed by atoms with Gasteiger partial charge in [-0.2, -0.15) is 0 Å². The van der Waals surface area contributed by atoms with E-state index >= 15 is 0 Å². The van der Waals surface area contributed by atoms with Gasteiger partial charge in [0.25, 0.3) is 0 Å². The highest BCUT2D eigenvalue weighted by molar-refractivity contribution is 5.69. The standard InChI is InChI=1S/C17H34O4/c1-3-5-6-7-8-9-10-11-12-16(20)21-15-17(4-2,13-18)14-19/h18-19H,3-15H2,1-2H3. The quantitative estimate of drug-likeness (QED) is 0.381. The normalized spacial score (nSPS) is 11.6. The predicted octanol–water partition coefficient (Wildman–Crippen LogP) is 3.44. The fourth-order valence-corrected chi connectivity index (χ4v) is 2.18. The molecule has 0 aromatic rings. The Hall–Kier alpha value is -0.610. The first-order valence-corrected chi connectivity index (χ1v) is 8.51. The zero-order valence-corrected chi connectivity index (χ0v) is 13.9. The van der Waals surface area contributed by atoms with E-state index in [9.17, 15) is 15.0 Å². The molecule has 0 unspecified atom stereocenters. The Labute approximate surface area is 129 Å². The maximum absolute atomic E-state index is 11.6. The Kier molecular flexibility index (Phi) is 12.7. The van der Waals surface area contributed by atoms with Crippen molar-refractivity contribution in [1.82, 2.24) is 0 Å². The van der Waals surface area contributed by atoms with Crippen LogP contribution >= 0.6 is 0 Å². The zero-order valence-electron chi connectivity index (χ0n) is 13.9. The average molecular weight is 302 g/mol. The number of aliphatic hydroxyl groups is 2. The third-order valence-corrected chi connectivity index (χ3v) is 4.19. The molecule has 0 radical (unpaired) electrons. The number of unbranched alkanes of at least 4 members (excludes halogenated alkanes) is 7. The summed E-state index contributed by atoms with van der Waals surface area (Å²) in [6.45, 7) is 3.87. The van der Waals surface area contributed by atoms with E-state index < -0.39 is 5.41 Å². The molecule has 0 saturated heterocycles. The van der Waals surface area contributed by atoms with Crippen molar-refractivity contribution in [2.45, 2.75) is 78.1 Å². The van der Waals surface area contributed by atoms with E-state index in [-0.39, 0.29) is 25.8 Å². The second-order valence-corrected chi connectivity index (χ2v) is 6.06. The Morgan fingerprint density at radius 2 is 1.43 bits per heavy atom. The lowest BCUT2D eigenvalue weighted by Crippen LogP contribution is -2.35. The van der Waals surface area contributed by atoms with Gasteiger partial charge in [-0.05, 0) is 12.8 Å². The van der Waals surface area contributed by atoms with Crippen LogP contribution in [0.25, 0.3) is 0 Å². The van der Waals surface area contributed by atoms with Crippen molar-refractivity contribution in [1.29, 1.82) is 0 Å². The second kappa shape index (κ2) is 13.1. The number of ether oxygens (including phenoxy) is 1. The average Bonchev–Trinajstić information content (AvgIpc) is 2.52. The van der Waals surface area contributed by atoms with Gasteiger partial charge < -0.3 is 14.9 Å². The summed E-state index contributed by atoms with van der Waals surface area (Å²) >= 11 is 0. The van der Waals surface area contributed by atoms with Crippen LogP contribution in [0, 0.1) is 5.41 Å². The Morgan fingerprint density at radius 3 is 1.90 bits per heavy atom. The minimum atomic E-state index is -0.686. The molecule has 0 aliphatic heterocycles. The Morgan fingerprint density at radius 1 is 0.905 bits per heavy atom. The van der Waals surface area contributed by atoms with Gasteiger partial charge in [0.05, 0.1) is 18.6 Å². The zero-order chi connectivity index (χ0) is 16.0. The number of carbonyl (C=O) groups is 1. The Bertz CT molecular complexity index is 241. The van der Waals surface area contributed by atoms with E-state index in [0.29, 0.717) is 12.8 Å². The minimum absolute atomic E-state index is 0.104. The first-order chi connectivity index (χ1) is 10.1. The van der Waals surface area contributed by atoms with E-state index in [1.54, 1.807) is 0 Å². The summed E-state index contributed by atoms with van der Waals surface area (Å²) in [4.78, 5) is 11.6. The molecule has 0 amide bonds. The lowest BCUT2D eigenvalue weighted by atomic mass is 9.88. The molecule has 0 aromatic heterocycles. The number of aliphatic hydroxyl groups excluding tert-OH is 2. The van der Waals surface area contributed by atoms with Gasteiger partial charge in [0.15, 0.2) is 0 Å². The van der Waals surface area contributed by atoms with Gasteiger partial charge in [0.2, 0.25) is 0 Å². The number of hydrogen-bond acceptors (Lipinski definition) is 4. The summed E-state index contributed by atoms with van der Waals surface area (Å²) < 4.78 is 5.18. The fourth-order valence-electron chi connectivity index (χ4n) is 2.18. The van der Waals surface area contributed by atoms with E-state index in [1.807, 2.05) is 6.92 Å². The lowest BCUT2D eigenvalue weighted by molar-refractivity contribution is -0.149. The van der Waals surface area contributed by atoms with E-state index in [0.717, 1.165) is 12.8 Å². The molecule has 0 heterocycles. The molecule has 0 aliphatic rings. The van der Waals surface area contributed by atoms with E-state index in [4.69, 9.17) is 4.74 Å². The highest BCUT2D eigenvalue weighted by Crippen LogP contribution is 2.21. The molecule has 21 heavy (non-hydrogen) atoms. The van der Waals surface area contributed by atoms with Crippen molar-refractivity contribution in [3.8, 4) is 0 Å². The molecule has 2 N–H and O–H groups in total. The molecule has 0 saturated carbocycles. The fraction of sp³-hybridized carbons (Fsp3) is 0.941. The highest BCUT2D eigenvalue weighted by atomic mass is 16.5. The van der Waals surface area contributed by atoms with Crippen molar-refractivity contribution in [2.24, 2.45) is 5.41 Å². The monoisotopic (exact) mass is 302 g/mol. The van der Waals surface area contributed by atoms with Crippen LogP contribution in [0.2, 0.25) is 0 Å². The first-order valence-electron chi connectivity index (χ1n) is 8.51. The summed E-state index contributed by atoms with van der Waals surface area (Å²) in [6.07, 6.45) is 10.6. The van der Waals surface area contributed by atoms with E-state index in [1.165, 1.54) is 38.5 Å². The van der Waals surface area contributed by atoms with Crippen molar-refractivity contribution >= 4 is 5.97 Å². The summed E-state index contributed by atoms with van der Waals surface area (Å²) in [5, 5.41) is 18.5. The van der Waals surface area contributed by atoms with Crippen molar-refractivity contribution in [3.63, 3.8) is 0 Å². The molecule has 0 rings (SSSR count). The van der Waals surface area contributed by atoms with Crippen LogP contribution in [0.3, 0.4) is 0 Å². The second-order valence-electron chi connectivity index (χ2n) is 6.06. The minimum Gasteiger partial charge on any atom is -0.465 e. The van der Waals surface area contributed by atoms with Gasteiger partial charge >= 0.3 is 5.97 Å². The van der Waals surface area contributed by atoms with Crippen LogP contribution in [0.15, 0.2) is 0 Å².